The smallest absolute Gasteiger partial charge is 0.270 e. The Hall–Kier alpha value is -3.60. The van der Waals surface area contributed by atoms with Crippen LogP contribution in [0.25, 0.3) is 0 Å². The van der Waals surface area contributed by atoms with Crippen LogP contribution < -0.4 is 0 Å². The second-order valence-corrected chi connectivity index (χ2v) is 5.32. The van der Waals surface area contributed by atoms with Crippen molar-refractivity contribution in [2.75, 3.05) is 0 Å². The molecule has 0 saturated carbocycles. The molecule has 0 aromatic heterocycles. The molecule has 0 atom stereocenters. The van der Waals surface area contributed by atoms with Crippen LogP contribution in [0.1, 0.15) is 21.5 Å². The molecule has 3 aromatic carbocycles. The molecule has 0 amide bonds. The van der Waals surface area contributed by atoms with E-state index in [0.29, 0.717) is 22.4 Å². The van der Waals surface area contributed by atoms with Gasteiger partial charge in [-0.1, -0.05) is 54.6 Å². The maximum atomic E-state index is 12.7. The molecule has 5 heteroatoms. The maximum absolute atomic E-state index is 12.7. The summed E-state index contributed by atoms with van der Waals surface area (Å²) in [5, 5.41) is 10.8. The van der Waals surface area contributed by atoms with Gasteiger partial charge in [0.05, 0.1) is 10.6 Å². The van der Waals surface area contributed by atoms with E-state index in [4.69, 9.17) is 0 Å². The minimum Gasteiger partial charge on any atom is -0.289 e. The molecule has 0 aliphatic carbocycles. The molecule has 0 spiro atoms. The van der Waals surface area contributed by atoms with Gasteiger partial charge in [-0.05, 0) is 17.7 Å². The van der Waals surface area contributed by atoms with E-state index in [0.717, 1.165) is 0 Å². The summed E-state index contributed by atoms with van der Waals surface area (Å²) >= 11 is 0. The molecule has 0 aliphatic heterocycles. The van der Waals surface area contributed by atoms with E-state index in [2.05, 4.69) is 4.99 Å². The lowest BCUT2D eigenvalue weighted by molar-refractivity contribution is -0.384. The van der Waals surface area contributed by atoms with E-state index < -0.39 is 4.92 Å². The lowest BCUT2D eigenvalue weighted by Gasteiger charge is -2.04. The van der Waals surface area contributed by atoms with Gasteiger partial charge in [0.2, 0.25) is 0 Å². The number of rotatable bonds is 5. The van der Waals surface area contributed by atoms with Crippen molar-refractivity contribution >= 4 is 23.4 Å². The predicted molar refractivity (Wildman–Crippen MR) is 96.7 cm³/mol. The molecule has 0 fully saturated rings. The molecule has 25 heavy (non-hydrogen) atoms. The van der Waals surface area contributed by atoms with Crippen LogP contribution >= 0.6 is 0 Å². The zero-order chi connectivity index (χ0) is 17.6. The number of para-hydroxylation sites is 1. The molecule has 0 aliphatic rings. The fourth-order valence-electron chi connectivity index (χ4n) is 2.39. The van der Waals surface area contributed by atoms with Gasteiger partial charge in [-0.3, -0.25) is 19.9 Å². The van der Waals surface area contributed by atoms with Gasteiger partial charge < -0.3 is 0 Å². The maximum Gasteiger partial charge on any atom is 0.270 e. The Morgan fingerprint density at radius 3 is 2.40 bits per heavy atom. The van der Waals surface area contributed by atoms with Gasteiger partial charge in [0.1, 0.15) is 0 Å². The summed E-state index contributed by atoms with van der Waals surface area (Å²) in [6.45, 7) is 0. The number of hydrogen-bond donors (Lipinski definition) is 0. The number of nitrogens with zero attached hydrogens (tertiary/aromatic N) is 2. The van der Waals surface area contributed by atoms with Crippen LogP contribution in [0, 0.1) is 10.1 Å². The second-order valence-electron chi connectivity index (χ2n) is 5.32. The third kappa shape index (κ3) is 3.84. The first-order chi connectivity index (χ1) is 12.1. The molecule has 3 rings (SSSR count). The van der Waals surface area contributed by atoms with Crippen molar-refractivity contribution in [3.05, 3.63) is 106 Å². The summed E-state index contributed by atoms with van der Waals surface area (Å²) in [7, 11) is 0. The van der Waals surface area contributed by atoms with Gasteiger partial charge in [-0.25, -0.2) is 0 Å². The van der Waals surface area contributed by atoms with Crippen molar-refractivity contribution < 1.29 is 9.72 Å². The van der Waals surface area contributed by atoms with E-state index in [1.165, 1.54) is 18.3 Å². The summed E-state index contributed by atoms with van der Waals surface area (Å²) in [4.78, 5) is 27.4. The van der Waals surface area contributed by atoms with E-state index in [9.17, 15) is 14.9 Å². The SMILES string of the molecule is O=C(c1ccccc1)c1ccccc1N=Cc1cccc([N+](=O)[O-])c1. The van der Waals surface area contributed by atoms with Gasteiger partial charge in [-0.15, -0.1) is 0 Å². The highest BCUT2D eigenvalue weighted by Crippen LogP contribution is 2.22. The van der Waals surface area contributed by atoms with Crippen LogP contribution in [0.4, 0.5) is 11.4 Å². The first-order valence-corrected chi connectivity index (χ1v) is 7.62. The minimum absolute atomic E-state index is 0.00222. The van der Waals surface area contributed by atoms with Crippen molar-refractivity contribution in [1.29, 1.82) is 0 Å². The van der Waals surface area contributed by atoms with Crippen molar-refractivity contribution in [2.45, 2.75) is 0 Å². The Bertz CT molecular complexity index is 950. The Labute approximate surface area is 144 Å². The van der Waals surface area contributed by atoms with Crippen molar-refractivity contribution in [3.63, 3.8) is 0 Å². The molecule has 0 N–H and O–H groups in total. The Balaban J connectivity index is 1.93. The van der Waals surface area contributed by atoms with Crippen LogP contribution in [0.3, 0.4) is 0 Å². The number of carbonyl (C=O) groups is 1. The lowest BCUT2D eigenvalue weighted by Crippen LogP contribution is -2.01. The minimum atomic E-state index is -0.454. The molecule has 5 nitrogen and oxygen atoms in total. The highest BCUT2D eigenvalue weighted by Gasteiger charge is 2.12. The molecule has 0 unspecified atom stereocenters. The van der Waals surface area contributed by atoms with E-state index in [1.54, 1.807) is 48.5 Å². The van der Waals surface area contributed by atoms with Gasteiger partial charge in [-0.2, -0.15) is 0 Å². The third-order valence-electron chi connectivity index (χ3n) is 3.62. The fraction of sp³-hybridized carbons (Fsp3) is 0. The second kappa shape index (κ2) is 7.31. The van der Waals surface area contributed by atoms with Crippen molar-refractivity contribution in [3.8, 4) is 0 Å². The average Bonchev–Trinajstić information content (AvgIpc) is 2.67. The molecule has 0 bridgehead atoms. The van der Waals surface area contributed by atoms with Gasteiger partial charge in [0.25, 0.3) is 5.69 Å². The number of carbonyl (C=O) groups excluding carboxylic acids is 1. The standard InChI is InChI=1S/C20H14N2O3/c23-20(16-8-2-1-3-9-16)18-11-4-5-12-19(18)21-14-15-7-6-10-17(13-15)22(24)25/h1-14H. The first-order valence-electron chi connectivity index (χ1n) is 7.62. The van der Waals surface area contributed by atoms with E-state index in [1.807, 2.05) is 18.2 Å². The van der Waals surface area contributed by atoms with Gasteiger partial charge in [0, 0.05) is 29.5 Å². The van der Waals surface area contributed by atoms with E-state index >= 15 is 0 Å². The number of ketones is 1. The van der Waals surface area contributed by atoms with Crippen molar-refractivity contribution in [2.24, 2.45) is 4.99 Å². The molecular formula is C20H14N2O3. The quantitative estimate of drug-likeness (QED) is 0.297. The zero-order valence-electron chi connectivity index (χ0n) is 13.2. The zero-order valence-corrected chi connectivity index (χ0v) is 13.2. The monoisotopic (exact) mass is 330 g/mol. The molecule has 0 saturated heterocycles. The summed E-state index contributed by atoms with van der Waals surface area (Å²) < 4.78 is 0. The number of hydrogen-bond acceptors (Lipinski definition) is 4. The van der Waals surface area contributed by atoms with Crippen LogP contribution in [-0.2, 0) is 0 Å². The van der Waals surface area contributed by atoms with Gasteiger partial charge >= 0.3 is 0 Å². The molecule has 3 aromatic rings. The molecule has 122 valence electrons. The molecule has 0 radical (unpaired) electrons. The number of benzene rings is 3. The van der Waals surface area contributed by atoms with Crippen molar-refractivity contribution in [1.82, 2.24) is 0 Å². The summed E-state index contributed by atoms with van der Waals surface area (Å²) in [5.74, 6) is -0.118. The van der Waals surface area contributed by atoms with Crippen LogP contribution in [0.5, 0.6) is 0 Å². The predicted octanol–water partition coefficient (Wildman–Crippen LogP) is 4.58. The van der Waals surface area contributed by atoms with Gasteiger partial charge in [0.15, 0.2) is 5.78 Å². The van der Waals surface area contributed by atoms with Crippen LogP contribution in [-0.4, -0.2) is 16.9 Å². The number of nitro benzene ring substituents is 1. The number of non-ortho nitro benzene ring substituents is 1. The summed E-state index contributed by atoms with van der Waals surface area (Å²) in [6, 6.07) is 22.2. The normalized spacial score (nSPS) is 10.7. The van der Waals surface area contributed by atoms with Crippen LogP contribution in [0.15, 0.2) is 83.9 Å². The average molecular weight is 330 g/mol. The molecular weight excluding hydrogens is 316 g/mol. The largest absolute Gasteiger partial charge is 0.289 e. The summed E-state index contributed by atoms with van der Waals surface area (Å²) in [6.07, 6.45) is 1.52. The molecule has 0 heterocycles. The number of nitro groups is 1. The number of aliphatic imine (C=N–C) groups is 1. The fourth-order valence-corrected chi connectivity index (χ4v) is 2.39. The Kier molecular flexibility index (Phi) is 4.76. The third-order valence-corrected chi connectivity index (χ3v) is 3.62. The van der Waals surface area contributed by atoms with E-state index in [-0.39, 0.29) is 11.5 Å². The summed E-state index contributed by atoms with van der Waals surface area (Å²) in [5.41, 5.74) is 2.17. The topological polar surface area (TPSA) is 72.6 Å². The lowest BCUT2D eigenvalue weighted by atomic mass is 10.0. The highest BCUT2D eigenvalue weighted by molar-refractivity contribution is 6.12. The Morgan fingerprint density at radius 1 is 0.920 bits per heavy atom. The highest BCUT2D eigenvalue weighted by atomic mass is 16.6. The first kappa shape index (κ1) is 16.3. The Morgan fingerprint density at radius 2 is 1.64 bits per heavy atom. The van der Waals surface area contributed by atoms with Crippen LogP contribution in [0.2, 0.25) is 0 Å².